The first-order valence-electron chi connectivity index (χ1n) is 11.3. The molecule has 8 nitrogen and oxygen atoms in total. The summed E-state index contributed by atoms with van der Waals surface area (Å²) in [5.41, 5.74) is 2.47. The van der Waals surface area contributed by atoms with Crippen LogP contribution in [0, 0.1) is 0 Å². The van der Waals surface area contributed by atoms with Crippen LogP contribution in [0.4, 0.5) is 0 Å². The smallest absolute Gasteiger partial charge is 0.280 e. The van der Waals surface area contributed by atoms with Crippen LogP contribution in [-0.2, 0) is 24.6 Å². The highest BCUT2D eigenvalue weighted by Gasteiger charge is 2.21. The molecule has 3 heterocycles. The Bertz CT molecular complexity index is 1280. The molecule has 0 aliphatic rings. The van der Waals surface area contributed by atoms with E-state index in [1.807, 2.05) is 36.0 Å². The second kappa shape index (κ2) is 10.5. The SMILES string of the molecule is CCCn1c(Cl)nc2nc(-c3cnn(Cc4ccccc4)c3)n(COCC[SiH](C)C)c2c1=O. The summed E-state index contributed by atoms with van der Waals surface area (Å²) >= 11 is 6.31. The number of fused-ring (bicyclic) bond motifs is 1. The van der Waals surface area contributed by atoms with Gasteiger partial charge in [0.1, 0.15) is 12.6 Å². The van der Waals surface area contributed by atoms with Crippen LogP contribution in [-0.4, -0.2) is 44.3 Å². The lowest BCUT2D eigenvalue weighted by molar-refractivity contribution is 0.0911. The molecule has 0 saturated carbocycles. The molecule has 174 valence electrons. The molecular formula is C23H29ClN6O2Si. The molecule has 0 saturated heterocycles. The molecule has 0 aliphatic carbocycles. The van der Waals surface area contributed by atoms with Crippen molar-refractivity contribution in [1.29, 1.82) is 0 Å². The first-order chi connectivity index (χ1) is 16.0. The molecular weight excluding hydrogens is 456 g/mol. The molecule has 10 heteroatoms. The zero-order valence-electron chi connectivity index (χ0n) is 19.2. The number of halogens is 1. The molecule has 0 atom stereocenters. The van der Waals surface area contributed by atoms with E-state index in [-0.39, 0.29) is 17.6 Å². The normalized spacial score (nSPS) is 11.7. The Kier molecular flexibility index (Phi) is 7.41. The number of ether oxygens (including phenoxy) is 1. The largest absolute Gasteiger partial charge is 0.361 e. The molecule has 4 rings (SSSR count). The average molecular weight is 485 g/mol. The van der Waals surface area contributed by atoms with E-state index >= 15 is 0 Å². The van der Waals surface area contributed by atoms with Crippen molar-refractivity contribution in [3.63, 3.8) is 0 Å². The average Bonchev–Trinajstić information content (AvgIpc) is 3.39. The zero-order chi connectivity index (χ0) is 23.4. The Balaban J connectivity index is 1.74. The summed E-state index contributed by atoms with van der Waals surface area (Å²) < 4.78 is 11.1. The van der Waals surface area contributed by atoms with Gasteiger partial charge >= 0.3 is 0 Å². The predicted molar refractivity (Wildman–Crippen MR) is 133 cm³/mol. The van der Waals surface area contributed by atoms with Gasteiger partial charge in [-0.3, -0.25) is 18.6 Å². The number of aromatic nitrogens is 6. The number of hydrogen-bond donors (Lipinski definition) is 0. The first-order valence-corrected chi connectivity index (χ1v) is 14.8. The second-order valence-corrected chi connectivity index (χ2v) is 12.2. The summed E-state index contributed by atoms with van der Waals surface area (Å²) in [7, 11) is -0.726. The summed E-state index contributed by atoms with van der Waals surface area (Å²) in [6.07, 6.45) is 4.46. The number of imidazole rings is 1. The molecule has 0 amide bonds. The second-order valence-electron chi connectivity index (χ2n) is 8.51. The molecule has 0 unspecified atom stereocenters. The van der Waals surface area contributed by atoms with Gasteiger partial charge in [0.15, 0.2) is 11.2 Å². The Labute approximate surface area is 199 Å². The molecule has 0 bridgehead atoms. The van der Waals surface area contributed by atoms with E-state index in [1.54, 1.807) is 10.8 Å². The fraction of sp³-hybridized carbons (Fsp3) is 0.391. The molecule has 0 aliphatic heterocycles. The third kappa shape index (κ3) is 5.26. The van der Waals surface area contributed by atoms with Gasteiger partial charge in [-0.2, -0.15) is 10.1 Å². The van der Waals surface area contributed by atoms with E-state index in [2.05, 4.69) is 40.3 Å². The van der Waals surface area contributed by atoms with Gasteiger partial charge in [0.25, 0.3) is 5.56 Å². The van der Waals surface area contributed by atoms with Crippen molar-refractivity contribution in [3.8, 4) is 11.4 Å². The summed E-state index contributed by atoms with van der Waals surface area (Å²) in [5, 5.41) is 4.65. The number of hydrogen-bond acceptors (Lipinski definition) is 5. The summed E-state index contributed by atoms with van der Waals surface area (Å²) in [5.74, 6) is 0.598. The quantitative estimate of drug-likeness (QED) is 0.193. The van der Waals surface area contributed by atoms with Crippen LogP contribution in [0.2, 0.25) is 24.4 Å². The highest BCUT2D eigenvalue weighted by atomic mass is 35.5. The van der Waals surface area contributed by atoms with Crippen molar-refractivity contribution < 1.29 is 4.74 Å². The third-order valence-corrected chi connectivity index (χ3v) is 7.08. The van der Waals surface area contributed by atoms with E-state index in [9.17, 15) is 4.79 Å². The minimum absolute atomic E-state index is 0.150. The highest BCUT2D eigenvalue weighted by Crippen LogP contribution is 2.23. The molecule has 0 N–H and O–H groups in total. The van der Waals surface area contributed by atoms with Gasteiger partial charge < -0.3 is 4.74 Å². The van der Waals surface area contributed by atoms with Crippen LogP contribution in [0.3, 0.4) is 0 Å². The number of benzene rings is 1. The molecule has 0 fully saturated rings. The minimum atomic E-state index is -0.726. The Morgan fingerprint density at radius 2 is 1.91 bits per heavy atom. The van der Waals surface area contributed by atoms with E-state index in [0.29, 0.717) is 36.7 Å². The van der Waals surface area contributed by atoms with Crippen LogP contribution >= 0.6 is 11.6 Å². The lowest BCUT2D eigenvalue weighted by Gasteiger charge is -2.11. The Morgan fingerprint density at radius 3 is 2.64 bits per heavy atom. The predicted octanol–water partition coefficient (Wildman–Crippen LogP) is 4.03. The molecule has 1 aromatic carbocycles. The zero-order valence-corrected chi connectivity index (χ0v) is 21.1. The summed E-state index contributed by atoms with van der Waals surface area (Å²) in [6, 6.07) is 11.2. The maximum atomic E-state index is 13.3. The summed E-state index contributed by atoms with van der Waals surface area (Å²) in [6.45, 7) is 8.59. The van der Waals surface area contributed by atoms with Crippen molar-refractivity contribution >= 4 is 31.6 Å². The van der Waals surface area contributed by atoms with Crippen LogP contribution in [0.1, 0.15) is 18.9 Å². The lowest BCUT2D eigenvalue weighted by Crippen LogP contribution is -2.24. The first kappa shape index (κ1) is 23.4. The maximum absolute atomic E-state index is 13.3. The van der Waals surface area contributed by atoms with Crippen molar-refractivity contribution in [3.05, 3.63) is 63.9 Å². The van der Waals surface area contributed by atoms with Gasteiger partial charge in [-0.15, -0.1) is 0 Å². The standard InChI is InChI=1S/C23H29ClN6O2Si/c1-4-10-29-22(31)19-20(27-23(29)24)26-21(30(19)16-32-11-12-33(2)3)18-13-25-28(15-18)14-17-8-6-5-7-9-17/h5-9,13,15,33H,4,10-12,14,16H2,1-3H3. The topological polar surface area (TPSA) is 79.8 Å². The monoisotopic (exact) mass is 484 g/mol. The van der Waals surface area contributed by atoms with Crippen molar-refractivity contribution in [2.45, 2.75) is 52.3 Å². The maximum Gasteiger partial charge on any atom is 0.280 e. The Hall–Kier alpha value is -2.75. The van der Waals surface area contributed by atoms with Gasteiger partial charge in [-0.25, -0.2) is 4.98 Å². The number of rotatable bonds is 10. The van der Waals surface area contributed by atoms with Crippen molar-refractivity contribution in [2.24, 2.45) is 0 Å². The molecule has 3 aromatic heterocycles. The fourth-order valence-corrected chi connectivity index (χ4v) is 4.54. The van der Waals surface area contributed by atoms with Crippen molar-refractivity contribution in [1.82, 2.24) is 28.9 Å². The fourth-order valence-electron chi connectivity index (χ4n) is 3.66. The number of nitrogens with zero attached hydrogens (tertiary/aromatic N) is 6. The third-order valence-electron chi connectivity index (χ3n) is 5.40. The van der Waals surface area contributed by atoms with E-state index < -0.39 is 8.80 Å². The van der Waals surface area contributed by atoms with Crippen molar-refractivity contribution in [2.75, 3.05) is 6.61 Å². The lowest BCUT2D eigenvalue weighted by atomic mass is 10.2. The van der Waals surface area contributed by atoms with Gasteiger partial charge in [0, 0.05) is 28.1 Å². The molecule has 4 aromatic rings. The van der Waals surface area contributed by atoms with Crippen LogP contribution < -0.4 is 5.56 Å². The van der Waals surface area contributed by atoms with Gasteiger partial charge in [0.2, 0.25) is 5.28 Å². The van der Waals surface area contributed by atoms with Crippen LogP contribution in [0.15, 0.2) is 47.5 Å². The summed E-state index contributed by atoms with van der Waals surface area (Å²) in [4.78, 5) is 22.4. The van der Waals surface area contributed by atoms with E-state index in [1.165, 1.54) is 4.57 Å². The van der Waals surface area contributed by atoms with Crippen LogP contribution in [0.25, 0.3) is 22.6 Å². The van der Waals surface area contributed by atoms with Crippen LogP contribution in [0.5, 0.6) is 0 Å². The van der Waals surface area contributed by atoms with E-state index in [4.69, 9.17) is 16.3 Å². The molecule has 0 spiro atoms. The minimum Gasteiger partial charge on any atom is -0.361 e. The van der Waals surface area contributed by atoms with Gasteiger partial charge in [-0.05, 0) is 29.6 Å². The Morgan fingerprint density at radius 1 is 1.12 bits per heavy atom. The highest BCUT2D eigenvalue weighted by molar-refractivity contribution is 6.55. The van der Waals surface area contributed by atoms with E-state index in [0.717, 1.165) is 23.6 Å². The molecule has 0 radical (unpaired) electrons. The molecule has 33 heavy (non-hydrogen) atoms. The van der Waals surface area contributed by atoms with Gasteiger partial charge in [-0.1, -0.05) is 50.3 Å². The van der Waals surface area contributed by atoms with Gasteiger partial charge in [0.05, 0.1) is 18.3 Å².